The van der Waals surface area contributed by atoms with E-state index in [1.807, 2.05) is 0 Å². The summed E-state index contributed by atoms with van der Waals surface area (Å²) in [6.07, 6.45) is 1.81. The number of benzene rings is 1. The standard InChI is InChI=1S/C13H13F2NO4S/c1-20-11(17)6-13(2-3-13)7-21-12-9(14)4-8(16(18)19)5-10(12)15/h4-5H,2-3,6-7H2,1H3. The maximum absolute atomic E-state index is 13.7. The van der Waals surface area contributed by atoms with Crippen molar-refractivity contribution < 1.29 is 23.2 Å². The molecule has 21 heavy (non-hydrogen) atoms. The molecule has 1 fully saturated rings. The first-order valence-electron chi connectivity index (χ1n) is 6.20. The minimum Gasteiger partial charge on any atom is -0.469 e. The van der Waals surface area contributed by atoms with E-state index in [1.54, 1.807) is 0 Å². The largest absolute Gasteiger partial charge is 0.469 e. The monoisotopic (exact) mass is 317 g/mol. The number of nitro benzene ring substituents is 1. The molecule has 0 unspecified atom stereocenters. The Bertz CT molecular complexity index is 567. The SMILES string of the molecule is COC(=O)CC1(CSc2c(F)cc([N+](=O)[O-])cc2F)CC1. The summed E-state index contributed by atoms with van der Waals surface area (Å²) < 4.78 is 32.1. The molecular formula is C13H13F2NO4S. The van der Waals surface area contributed by atoms with Crippen LogP contribution in [0.25, 0.3) is 0 Å². The molecule has 0 aromatic heterocycles. The van der Waals surface area contributed by atoms with Gasteiger partial charge in [-0.25, -0.2) is 8.78 Å². The molecule has 0 atom stereocenters. The van der Waals surface area contributed by atoms with E-state index in [-0.39, 0.29) is 22.7 Å². The summed E-state index contributed by atoms with van der Waals surface area (Å²) in [5.41, 5.74) is -0.900. The van der Waals surface area contributed by atoms with Crippen LogP contribution in [-0.2, 0) is 9.53 Å². The highest BCUT2D eigenvalue weighted by molar-refractivity contribution is 7.99. The Morgan fingerprint density at radius 2 is 2.00 bits per heavy atom. The van der Waals surface area contributed by atoms with Gasteiger partial charge in [0.2, 0.25) is 0 Å². The molecule has 0 bridgehead atoms. The highest BCUT2D eigenvalue weighted by Crippen LogP contribution is 2.52. The molecule has 0 amide bonds. The van der Waals surface area contributed by atoms with E-state index in [0.29, 0.717) is 17.9 Å². The van der Waals surface area contributed by atoms with Crippen molar-refractivity contribution in [3.8, 4) is 0 Å². The Morgan fingerprint density at radius 1 is 1.43 bits per heavy atom. The number of hydrogen-bond acceptors (Lipinski definition) is 5. The molecule has 0 N–H and O–H groups in total. The number of thioether (sulfide) groups is 1. The van der Waals surface area contributed by atoms with Crippen LogP contribution in [-0.4, -0.2) is 23.8 Å². The second kappa shape index (κ2) is 5.97. The first-order chi connectivity index (χ1) is 9.87. The molecule has 1 aliphatic carbocycles. The minimum atomic E-state index is -0.958. The minimum absolute atomic E-state index is 0.215. The molecule has 0 aliphatic heterocycles. The lowest BCUT2D eigenvalue weighted by Crippen LogP contribution is -2.13. The number of halogens is 2. The zero-order chi connectivity index (χ0) is 15.6. The summed E-state index contributed by atoms with van der Waals surface area (Å²) in [6.45, 7) is 0. The average Bonchev–Trinajstić information content (AvgIpc) is 3.17. The van der Waals surface area contributed by atoms with E-state index in [2.05, 4.69) is 4.74 Å². The van der Waals surface area contributed by atoms with Crippen LogP contribution in [0, 0.1) is 27.2 Å². The van der Waals surface area contributed by atoms with Gasteiger partial charge in [0.05, 0.1) is 35.5 Å². The van der Waals surface area contributed by atoms with Crippen molar-refractivity contribution in [1.82, 2.24) is 0 Å². The third-order valence-electron chi connectivity index (χ3n) is 3.42. The van der Waals surface area contributed by atoms with Crippen LogP contribution in [0.5, 0.6) is 0 Å². The van der Waals surface area contributed by atoms with E-state index >= 15 is 0 Å². The second-order valence-corrected chi connectivity index (χ2v) is 6.02. The Balaban J connectivity index is 2.07. The molecule has 5 nitrogen and oxygen atoms in total. The quantitative estimate of drug-likeness (QED) is 0.348. The highest BCUT2D eigenvalue weighted by atomic mass is 32.2. The number of nitro groups is 1. The summed E-state index contributed by atoms with van der Waals surface area (Å²) in [5.74, 6) is -1.90. The van der Waals surface area contributed by atoms with Crippen molar-refractivity contribution in [2.75, 3.05) is 12.9 Å². The summed E-state index contributed by atoms with van der Waals surface area (Å²) in [4.78, 5) is 20.7. The van der Waals surface area contributed by atoms with Gasteiger partial charge in [-0.15, -0.1) is 11.8 Å². The van der Waals surface area contributed by atoms with Gasteiger partial charge < -0.3 is 4.74 Å². The number of methoxy groups -OCH3 is 1. The Morgan fingerprint density at radius 3 is 2.43 bits per heavy atom. The Kier molecular flexibility index (Phi) is 4.46. The van der Waals surface area contributed by atoms with Crippen molar-refractivity contribution in [2.24, 2.45) is 5.41 Å². The lowest BCUT2D eigenvalue weighted by molar-refractivity contribution is -0.385. The summed E-state index contributed by atoms with van der Waals surface area (Å²) in [5, 5.41) is 10.5. The van der Waals surface area contributed by atoms with Gasteiger partial charge in [0.1, 0.15) is 11.6 Å². The van der Waals surface area contributed by atoms with Gasteiger partial charge in [-0.1, -0.05) is 0 Å². The van der Waals surface area contributed by atoms with Crippen molar-refractivity contribution in [2.45, 2.75) is 24.2 Å². The van der Waals surface area contributed by atoms with E-state index < -0.39 is 22.2 Å². The number of carbonyl (C=O) groups is 1. The van der Waals surface area contributed by atoms with E-state index in [1.165, 1.54) is 7.11 Å². The Labute approximate surface area is 123 Å². The number of ether oxygens (including phenoxy) is 1. The maximum Gasteiger partial charge on any atom is 0.306 e. The van der Waals surface area contributed by atoms with Crippen LogP contribution in [0.1, 0.15) is 19.3 Å². The van der Waals surface area contributed by atoms with Gasteiger partial charge in [0.25, 0.3) is 5.69 Å². The first-order valence-corrected chi connectivity index (χ1v) is 7.18. The summed E-state index contributed by atoms with van der Waals surface area (Å²) >= 11 is 0.936. The molecule has 0 spiro atoms. The normalized spacial score (nSPS) is 15.6. The van der Waals surface area contributed by atoms with Gasteiger partial charge in [-0.2, -0.15) is 0 Å². The number of nitrogens with zero attached hydrogens (tertiary/aromatic N) is 1. The fourth-order valence-corrected chi connectivity index (χ4v) is 3.18. The van der Waals surface area contributed by atoms with E-state index in [9.17, 15) is 23.7 Å². The first kappa shape index (κ1) is 15.7. The third kappa shape index (κ3) is 3.69. The topological polar surface area (TPSA) is 69.4 Å². The van der Waals surface area contributed by atoms with Gasteiger partial charge in [0, 0.05) is 5.75 Å². The average molecular weight is 317 g/mol. The molecule has 1 aromatic rings. The van der Waals surface area contributed by atoms with E-state index in [4.69, 9.17) is 0 Å². The van der Waals surface area contributed by atoms with Crippen LogP contribution in [0.2, 0.25) is 0 Å². The maximum atomic E-state index is 13.7. The smallest absolute Gasteiger partial charge is 0.306 e. The molecule has 0 saturated heterocycles. The lowest BCUT2D eigenvalue weighted by Gasteiger charge is -2.13. The van der Waals surface area contributed by atoms with Crippen LogP contribution >= 0.6 is 11.8 Å². The van der Waals surface area contributed by atoms with Crippen LogP contribution in [0.4, 0.5) is 14.5 Å². The summed E-state index contributed by atoms with van der Waals surface area (Å²) in [6, 6.07) is 1.40. The third-order valence-corrected chi connectivity index (χ3v) is 4.86. The van der Waals surface area contributed by atoms with Crippen LogP contribution < -0.4 is 0 Å². The van der Waals surface area contributed by atoms with Crippen LogP contribution in [0.3, 0.4) is 0 Å². The molecule has 1 saturated carbocycles. The number of non-ortho nitro benzene ring substituents is 1. The Hall–Kier alpha value is -1.70. The summed E-state index contributed by atoms with van der Waals surface area (Å²) in [7, 11) is 1.29. The number of esters is 1. The van der Waals surface area contributed by atoms with Crippen molar-refractivity contribution >= 4 is 23.4 Å². The molecule has 1 aliphatic rings. The molecule has 114 valence electrons. The molecule has 1 aromatic carbocycles. The molecule has 2 rings (SSSR count). The molecule has 0 heterocycles. The van der Waals surface area contributed by atoms with E-state index in [0.717, 1.165) is 24.6 Å². The zero-order valence-corrected chi connectivity index (χ0v) is 12.0. The number of carbonyl (C=O) groups excluding carboxylic acids is 1. The van der Waals surface area contributed by atoms with Gasteiger partial charge in [-0.3, -0.25) is 14.9 Å². The molecule has 0 radical (unpaired) electrons. The predicted octanol–water partition coefficient (Wildman–Crippen LogP) is 3.31. The molecular weight excluding hydrogens is 304 g/mol. The second-order valence-electron chi connectivity index (χ2n) is 5.04. The van der Waals surface area contributed by atoms with Crippen molar-refractivity contribution in [3.63, 3.8) is 0 Å². The number of hydrogen-bond donors (Lipinski definition) is 0. The fraction of sp³-hybridized carbons (Fsp3) is 0.462. The fourth-order valence-electron chi connectivity index (χ4n) is 1.94. The molecule has 8 heteroatoms. The van der Waals surface area contributed by atoms with Gasteiger partial charge in [0.15, 0.2) is 0 Å². The lowest BCUT2D eigenvalue weighted by atomic mass is 10.1. The van der Waals surface area contributed by atoms with Crippen molar-refractivity contribution in [1.29, 1.82) is 0 Å². The number of rotatable bonds is 6. The van der Waals surface area contributed by atoms with Crippen molar-refractivity contribution in [3.05, 3.63) is 33.9 Å². The van der Waals surface area contributed by atoms with Gasteiger partial charge >= 0.3 is 5.97 Å². The zero-order valence-electron chi connectivity index (χ0n) is 11.2. The highest BCUT2D eigenvalue weighted by Gasteiger charge is 2.44. The van der Waals surface area contributed by atoms with Crippen LogP contribution in [0.15, 0.2) is 17.0 Å². The predicted molar refractivity (Wildman–Crippen MR) is 72.0 cm³/mol. The van der Waals surface area contributed by atoms with Gasteiger partial charge in [-0.05, 0) is 18.3 Å².